The van der Waals surface area contributed by atoms with E-state index in [2.05, 4.69) is 54.7 Å². The Morgan fingerprint density at radius 1 is 0.950 bits per heavy atom. The fraction of sp³-hybridized carbons (Fsp3) is 0.333. The summed E-state index contributed by atoms with van der Waals surface area (Å²) in [5.74, 6) is 0. The lowest BCUT2D eigenvalue weighted by Crippen LogP contribution is -2.29. The van der Waals surface area contributed by atoms with Crippen molar-refractivity contribution in [1.29, 1.82) is 0 Å². The fourth-order valence-electron chi connectivity index (χ4n) is 2.37. The summed E-state index contributed by atoms with van der Waals surface area (Å²) in [7, 11) is 0. The molecule has 2 rings (SSSR count). The summed E-state index contributed by atoms with van der Waals surface area (Å²) in [4.78, 5) is 0. The Morgan fingerprint density at radius 2 is 1.65 bits per heavy atom. The third-order valence-corrected chi connectivity index (χ3v) is 3.50. The van der Waals surface area contributed by atoms with Gasteiger partial charge in [-0.1, -0.05) is 42.5 Å². The smallest absolute Gasteiger partial charge is 0.0314 e. The highest BCUT2D eigenvalue weighted by molar-refractivity contribution is 5.39. The number of hydrogen-bond donors (Lipinski definition) is 2. The van der Waals surface area contributed by atoms with E-state index in [4.69, 9.17) is 5.73 Å². The zero-order valence-corrected chi connectivity index (χ0v) is 12.2. The third kappa shape index (κ3) is 5.06. The Bertz CT molecular complexity index is 491. The molecule has 0 heterocycles. The molecule has 0 fully saturated rings. The summed E-state index contributed by atoms with van der Waals surface area (Å²) in [6.45, 7) is 3.30. The van der Waals surface area contributed by atoms with Gasteiger partial charge >= 0.3 is 0 Å². The minimum atomic E-state index is 0.517. The lowest BCUT2D eigenvalue weighted by Gasteiger charge is -2.13. The molecule has 0 spiro atoms. The lowest BCUT2D eigenvalue weighted by molar-refractivity contribution is 0.534. The second-order valence-corrected chi connectivity index (χ2v) is 5.39. The molecule has 106 valence electrons. The van der Waals surface area contributed by atoms with Crippen molar-refractivity contribution in [3.8, 4) is 0 Å². The Hall–Kier alpha value is -1.80. The molecule has 0 amide bonds. The van der Waals surface area contributed by atoms with Crippen molar-refractivity contribution >= 4 is 5.69 Å². The van der Waals surface area contributed by atoms with Gasteiger partial charge < -0.3 is 11.1 Å². The molecule has 0 saturated heterocycles. The maximum Gasteiger partial charge on any atom is 0.0314 e. The average molecular weight is 268 g/mol. The molecule has 0 bridgehead atoms. The first kappa shape index (κ1) is 14.6. The average Bonchev–Trinajstić information content (AvgIpc) is 2.46. The summed E-state index contributed by atoms with van der Waals surface area (Å²) in [5, 5.41) is 3.59. The number of nitrogens with one attached hydrogen (secondary N) is 1. The van der Waals surface area contributed by atoms with Crippen molar-refractivity contribution in [3.63, 3.8) is 0 Å². The molecule has 0 radical (unpaired) electrons. The Labute approximate surface area is 122 Å². The van der Waals surface area contributed by atoms with E-state index in [1.807, 2.05) is 12.1 Å². The van der Waals surface area contributed by atoms with E-state index in [-0.39, 0.29) is 0 Å². The number of aryl methyl sites for hydroxylation is 1. The zero-order chi connectivity index (χ0) is 14.2. The van der Waals surface area contributed by atoms with E-state index in [1.54, 1.807) is 0 Å². The van der Waals surface area contributed by atoms with Crippen LogP contribution < -0.4 is 11.1 Å². The number of nitrogen functional groups attached to an aromatic ring is 1. The van der Waals surface area contributed by atoms with Crippen molar-refractivity contribution in [2.45, 2.75) is 32.2 Å². The van der Waals surface area contributed by atoms with Gasteiger partial charge in [0.25, 0.3) is 0 Å². The summed E-state index contributed by atoms with van der Waals surface area (Å²) in [5.41, 5.74) is 9.27. The number of hydrogen-bond acceptors (Lipinski definition) is 2. The van der Waals surface area contributed by atoms with Gasteiger partial charge in [0, 0.05) is 11.7 Å². The maximum absolute atomic E-state index is 5.68. The molecule has 0 saturated carbocycles. The molecule has 0 aliphatic carbocycles. The largest absolute Gasteiger partial charge is 0.399 e. The van der Waals surface area contributed by atoms with E-state index in [0.717, 1.165) is 31.5 Å². The van der Waals surface area contributed by atoms with Crippen LogP contribution in [0.4, 0.5) is 5.69 Å². The molecular formula is C18H24N2. The predicted molar refractivity (Wildman–Crippen MR) is 86.8 cm³/mol. The van der Waals surface area contributed by atoms with Crippen LogP contribution in [0.2, 0.25) is 0 Å². The van der Waals surface area contributed by atoms with Crippen molar-refractivity contribution < 1.29 is 0 Å². The van der Waals surface area contributed by atoms with Crippen molar-refractivity contribution in [2.24, 2.45) is 0 Å². The summed E-state index contributed by atoms with van der Waals surface area (Å²) in [6.07, 6.45) is 3.34. The van der Waals surface area contributed by atoms with Crippen LogP contribution in [0.1, 0.15) is 24.5 Å². The number of benzene rings is 2. The first-order chi connectivity index (χ1) is 9.74. The normalized spacial score (nSPS) is 12.2. The third-order valence-electron chi connectivity index (χ3n) is 3.50. The minimum Gasteiger partial charge on any atom is -0.399 e. The molecule has 0 aromatic heterocycles. The van der Waals surface area contributed by atoms with E-state index in [9.17, 15) is 0 Å². The maximum atomic E-state index is 5.68. The first-order valence-corrected chi connectivity index (χ1v) is 7.36. The molecule has 2 heteroatoms. The van der Waals surface area contributed by atoms with Crippen LogP contribution in [0.15, 0.2) is 54.6 Å². The number of anilines is 1. The molecule has 2 aromatic carbocycles. The highest BCUT2D eigenvalue weighted by atomic mass is 14.9. The summed E-state index contributed by atoms with van der Waals surface area (Å²) >= 11 is 0. The quantitative estimate of drug-likeness (QED) is 0.596. The van der Waals surface area contributed by atoms with Gasteiger partial charge in [-0.3, -0.25) is 0 Å². The number of rotatable bonds is 7. The predicted octanol–water partition coefficient (Wildman–Crippen LogP) is 3.42. The van der Waals surface area contributed by atoms with Gasteiger partial charge in [0.05, 0.1) is 0 Å². The van der Waals surface area contributed by atoms with Crippen LogP contribution in [0.25, 0.3) is 0 Å². The summed E-state index contributed by atoms with van der Waals surface area (Å²) in [6, 6.07) is 19.3. The second-order valence-electron chi connectivity index (χ2n) is 5.39. The summed E-state index contributed by atoms with van der Waals surface area (Å²) < 4.78 is 0. The first-order valence-electron chi connectivity index (χ1n) is 7.36. The molecule has 0 aliphatic rings. The Balaban J connectivity index is 1.64. The Kier molecular flexibility index (Phi) is 5.63. The van der Waals surface area contributed by atoms with E-state index < -0.39 is 0 Å². The van der Waals surface area contributed by atoms with Gasteiger partial charge in [-0.05, 0) is 56.0 Å². The van der Waals surface area contributed by atoms with Crippen molar-refractivity contribution in [2.75, 3.05) is 12.3 Å². The minimum absolute atomic E-state index is 0.517. The van der Waals surface area contributed by atoms with Crippen molar-refractivity contribution in [1.82, 2.24) is 5.32 Å². The molecule has 3 N–H and O–H groups in total. The van der Waals surface area contributed by atoms with Gasteiger partial charge in [-0.25, -0.2) is 0 Å². The Morgan fingerprint density at radius 3 is 2.35 bits per heavy atom. The fourth-order valence-corrected chi connectivity index (χ4v) is 2.37. The van der Waals surface area contributed by atoms with Crippen molar-refractivity contribution in [3.05, 3.63) is 65.7 Å². The molecule has 2 aromatic rings. The molecule has 0 aliphatic heterocycles. The zero-order valence-electron chi connectivity index (χ0n) is 12.2. The van der Waals surface area contributed by atoms with E-state index >= 15 is 0 Å². The van der Waals surface area contributed by atoms with Crippen LogP contribution in [0.5, 0.6) is 0 Å². The molecular weight excluding hydrogens is 244 g/mol. The standard InChI is InChI=1S/C18H24N2/c1-15(14-17-6-3-2-4-7-17)20-13-5-8-16-9-11-18(19)12-10-16/h2-4,6-7,9-12,15,20H,5,8,13-14,19H2,1H3. The van der Waals surface area contributed by atoms with E-state index in [0.29, 0.717) is 6.04 Å². The van der Waals surface area contributed by atoms with Gasteiger partial charge in [0.1, 0.15) is 0 Å². The SMILES string of the molecule is CC(Cc1ccccc1)NCCCc1ccc(N)cc1. The molecule has 20 heavy (non-hydrogen) atoms. The van der Waals surface area contributed by atoms with E-state index in [1.165, 1.54) is 11.1 Å². The number of nitrogens with two attached hydrogens (primary N) is 1. The van der Waals surface area contributed by atoms with Gasteiger partial charge in [-0.15, -0.1) is 0 Å². The molecule has 1 unspecified atom stereocenters. The van der Waals surface area contributed by atoms with Crippen LogP contribution in [0.3, 0.4) is 0 Å². The van der Waals surface area contributed by atoms with Crippen LogP contribution >= 0.6 is 0 Å². The van der Waals surface area contributed by atoms with Gasteiger partial charge in [0.15, 0.2) is 0 Å². The second kappa shape index (κ2) is 7.71. The van der Waals surface area contributed by atoms with Gasteiger partial charge in [-0.2, -0.15) is 0 Å². The lowest BCUT2D eigenvalue weighted by atomic mass is 10.1. The topological polar surface area (TPSA) is 38.0 Å². The van der Waals surface area contributed by atoms with Gasteiger partial charge in [0.2, 0.25) is 0 Å². The molecule has 2 nitrogen and oxygen atoms in total. The highest BCUT2D eigenvalue weighted by Crippen LogP contribution is 2.07. The van der Waals surface area contributed by atoms with Crippen LogP contribution in [-0.2, 0) is 12.8 Å². The molecule has 1 atom stereocenters. The highest BCUT2D eigenvalue weighted by Gasteiger charge is 2.02. The van der Waals surface area contributed by atoms with Crippen LogP contribution in [0, 0.1) is 0 Å². The van der Waals surface area contributed by atoms with Crippen LogP contribution in [-0.4, -0.2) is 12.6 Å². The monoisotopic (exact) mass is 268 g/mol.